The van der Waals surface area contributed by atoms with Crippen molar-refractivity contribution in [3.05, 3.63) is 41.1 Å². The maximum atomic E-state index is 5.85. The van der Waals surface area contributed by atoms with Gasteiger partial charge in [0.2, 0.25) is 6.29 Å². The van der Waals surface area contributed by atoms with E-state index in [1.807, 2.05) is 30.5 Å². The predicted octanol–water partition coefficient (Wildman–Crippen LogP) is 5.71. The van der Waals surface area contributed by atoms with Crippen molar-refractivity contribution in [2.24, 2.45) is 0 Å². The molecule has 0 saturated carbocycles. The van der Waals surface area contributed by atoms with Crippen molar-refractivity contribution in [1.82, 2.24) is 0 Å². The molecule has 0 fully saturated rings. The predicted molar refractivity (Wildman–Crippen MR) is 83.0 cm³/mol. The Morgan fingerprint density at radius 1 is 1.20 bits per heavy atom. The summed E-state index contributed by atoms with van der Waals surface area (Å²) in [6.45, 7) is 2.24. The summed E-state index contributed by atoms with van der Waals surface area (Å²) in [5.41, 5.74) is 1.41. The van der Waals surface area contributed by atoms with E-state index in [0.717, 1.165) is 30.0 Å². The second kappa shape index (κ2) is 8.21. The van der Waals surface area contributed by atoms with Crippen LogP contribution in [-0.4, -0.2) is 6.29 Å². The Balaban J connectivity index is 1.72. The van der Waals surface area contributed by atoms with Gasteiger partial charge in [0.25, 0.3) is 0 Å². The van der Waals surface area contributed by atoms with Gasteiger partial charge in [-0.15, -0.1) is 0 Å². The Kier molecular flexibility index (Phi) is 6.25. The van der Waals surface area contributed by atoms with Gasteiger partial charge in [-0.1, -0.05) is 37.8 Å². The number of allylic oxidation sites excluding steroid dienone is 1. The van der Waals surface area contributed by atoms with Crippen molar-refractivity contribution in [2.75, 3.05) is 0 Å². The quantitative estimate of drug-likeness (QED) is 0.600. The first kappa shape index (κ1) is 15.2. The molecule has 2 nitrogen and oxygen atoms in total. The molecule has 0 spiro atoms. The Morgan fingerprint density at radius 3 is 2.65 bits per heavy atom. The highest BCUT2D eigenvalue weighted by atomic mass is 35.5. The fourth-order valence-corrected chi connectivity index (χ4v) is 2.44. The Labute approximate surface area is 126 Å². The highest BCUT2D eigenvalue weighted by molar-refractivity contribution is 6.30. The highest BCUT2D eigenvalue weighted by Gasteiger charge is 2.16. The van der Waals surface area contributed by atoms with Crippen LogP contribution >= 0.6 is 11.6 Å². The molecule has 0 aromatic heterocycles. The zero-order valence-electron chi connectivity index (χ0n) is 12.1. The van der Waals surface area contributed by atoms with Crippen molar-refractivity contribution in [3.63, 3.8) is 0 Å². The number of benzene rings is 1. The lowest BCUT2D eigenvalue weighted by atomic mass is 10.0. The minimum Gasteiger partial charge on any atom is -0.463 e. The van der Waals surface area contributed by atoms with E-state index < -0.39 is 0 Å². The van der Waals surface area contributed by atoms with E-state index in [0.29, 0.717) is 0 Å². The molecule has 1 heterocycles. The van der Waals surface area contributed by atoms with Crippen LogP contribution in [0.2, 0.25) is 5.02 Å². The molecule has 3 heteroatoms. The molecule has 20 heavy (non-hydrogen) atoms. The average Bonchev–Trinajstić information content (AvgIpc) is 2.48. The topological polar surface area (TPSA) is 18.5 Å². The fraction of sp³-hybridized carbons (Fsp3) is 0.529. The molecule has 0 aliphatic carbocycles. The lowest BCUT2D eigenvalue weighted by molar-refractivity contribution is -0.0443. The summed E-state index contributed by atoms with van der Waals surface area (Å²) >= 11 is 5.85. The van der Waals surface area contributed by atoms with Gasteiger partial charge in [0.1, 0.15) is 5.75 Å². The standard InChI is InChI=1S/C17H23ClO2/c1-2-3-4-5-6-14-7-12-17(19-13-14)20-16-10-8-15(18)9-11-16/h8-11,13,17H,2-7,12H2,1H3. The zero-order chi connectivity index (χ0) is 14.2. The van der Waals surface area contributed by atoms with Gasteiger partial charge in [-0.25, -0.2) is 0 Å². The fourth-order valence-electron chi connectivity index (χ4n) is 2.32. The van der Waals surface area contributed by atoms with E-state index in [-0.39, 0.29) is 6.29 Å². The van der Waals surface area contributed by atoms with Crippen molar-refractivity contribution in [2.45, 2.75) is 58.2 Å². The normalized spacial score (nSPS) is 18.3. The van der Waals surface area contributed by atoms with Gasteiger partial charge in [0.05, 0.1) is 6.26 Å². The Hall–Kier alpha value is -1.15. The molecule has 1 aliphatic rings. The molecule has 0 bridgehead atoms. The molecule has 1 aromatic carbocycles. The van der Waals surface area contributed by atoms with E-state index in [1.165, 1.54) is 31.3 Å². The van der Waals surface area contributed by atoms with Crippen LogP contribution in [0.15, 0.2) is 36.1 Å². The maximum Gasteiger partial charge on any atom is 0.240 e. The van der Waals surface area contributed by atoms with E-state index in [4.69, 9.17) is 21.1 Å². The highest BCUT2D eigenvalue weighted by Crippen LogP contribution is 2.25. The van der Waals surface area contributed by atoms with Crippen LogP contribution in [0.4, 0.5) is 0 Å². The first-order chi connectivity index (χ1) is 9.78. The summed E-state index contributed by atoms with van der Waals surface area (Å²) in [5.74, 6) is 0.805. The third kappa shape index (κ3) is 5.09. The van der Waals surface area contributed by atoms with E-state index in [1.54, 1.807) is 0 Å². The third-order valence-electron chi connectivity index (χ3n) is 3.52. The molecule has 0 radical (unpaired) electrons. The average molecular weight is 295 g/mol. The van der Waals surface area contributed by atoms with Crippen LogP contribution in [0, 0.1) is 0 Å². The molecule has 1 atom stereocenters. The summed E-state index contributed by atoms with van der Waals surface area (Å²) in [5, 5.41) is 0.719. The number of hydrogen-bond acceptors (Lipinski definition) is 2. The van der Waals surface area contributed by atoms with Crippen LogP contribution in [0.5, 0.6) is 5.75 Å². The van der Waals surface area contributed by atoms with Gasteiger partial charge in [0.15, 0.2) is 0 Å². The van der Waals surface area contributed by atoms with Gasteiger partial charge in [0, 0.05) is 11.4 Å². The van der Waals surface area contributed by atoms with Gasteiger partial charge in [-0.2, -0.15) is 0 Å². The second-order valence-corrected chi connectivity index (χ2v) is 5.70. The maximum absolute atomic E-state index is 5.85. The number of rotatable bonds is 7. The molecular formula is C17H23ClO2. The molecule has 0 N–H and O–H groups in total. The van der Waals surface area contributed by atoms with Crippen LogP contribution in [0.1, 0.15) is 51.9 Å². The SMILES string of the molecule is CCCCCCC1=COC(Oc2ccc(Cl)cc2)CC1. The van der Waals surface area contributed by atoms with Crippen molar-refractivity contribution in [3.8, 4) is 5.75 Å². The van der Waals surface area contributed by atoms with Gasteiger partial charge in [-0.05, 0) is 49.1 Å². The molecule has 2 rings (SSSR count). The van der Waals surface area contributed by atoms with Crippen LogP contribution in [0.3, 0.4) is 0 Å². The number of hydrogen-bond donors (Lipinski definition) is 0. The van der Waals surface area contributed by atoms with Gasteiger partial charge < -0.3 is 9.47 Å². The lowest BCUT2D eigenvalue weighted by Gasteiger charge is -2.24. The van der Waals surface area contributed by atoms with Crippen LogP contribution in [-0.2, 0) is 4.74 Å². The molecule has 1 aromatic rings. The molecule has 0 amide bonds. The number of halogens is 1. The van der Waals surface area contributed by atoms with Crippen LogP contribution < -0.4 is 4.74 Å². The Bertz CT molecular complexity index is 425. The summed E-state index contributed by atoms with van der Waals surface area (Å²) in [4.78, 5) is 0. The monoisotopic (exact) mass is 294 g/mol. The van der Waals surface area contributed by atoms with Crippen molar-refractivity contribution >= 4 is 11.6 Å². The first-order valence-corrected chi connectivity index (χ1v) is 7.91. The zero-order valence-corrected chi connectivity index (χ0v) is 12.9. The van der Waals surface area contributed by atoms with Crippen molar-refractivity contribution < 1.29 is 9.47 Å². The van der Waals surface area contributed by atoms with Gasteiger partial charge >= 0.3 is 0 Å². The molecule has 0 saturated heterocycles. The molecule has 1 unspecified atom stereocenters. The molecular weight excluding hydrogens is 272 g/mol. The van der Waals surface area contributed by atoms with Gasteiger partial charge in [-0.3, -0.25) is 0 Å². The summed E-state index contributed by atoms with van der Waals surface area (Å²) in [7, 11) is 0. The number of ether oxygens (including phenoxy) is 2. The summed E-state index contributed by atoms with van der Waals surface area (Å²) in [6, 6.07) is 7.40. The third-order valence-corrected chi connectivity index (χ3v) is 3.77. The molecule has 1 aliphatic heterocycles. The summed E-state index contributed by atoms with van der Waals surface area (Å²) in [6.07, 6.45) is 10.1. The lowest BCUT2D eigenvalue weighted by Crippen LogP contribution is -2.21. The van der Waals surface area contributed by atoms with E-state index in [9.17, 15) is 0 Å². The molecule has 110 valence electrons. The van der Waals surface area contributed by atoms with E-state index >= 15 is 0 Å². The summed E-state index contributed by atoms with van der Waals surface area (Å²) < 4.78 is 11.4. The smallest absolute Gasteiger partial charge is 0.240 e. The largest absolute Gasteiger partial charge is 0.463 e. The minimum absolute atomic E-state index is 0.171. The second-order valence-electron chi connectivity index (χ2n) is 5.26. The Morgan fingerprint density at radius 2 is 2.00 bits per heavy atom. The number of unbranched alkanes of at least 4 members (excludes halogenated alkanes) is 3. The van der Waals surface area contributed by atoms with E-state index in [2.05, 4.69) is 6.92 Å². The van der Waals surface area contributed by atoms with Crippen molar-refractivity contribution in [1.29, 1.82) is 0 Å². The first-order valence-electron chi connectivity index (χ1n) is 7.53. The minimum atomic E-state index is -0.171. The van der Waals surface area contributed by atoms with Crippen LogP contribution in [0.25, 0.3) is 0 Å².